The van der Waals surface area contributed by atoms with Gasteiger partial charge in [0, 0.05) is 54.9 Å². The molecule has 0 saturated carbocycles. The van der Waals surface area contributed by atoms with Crippen LogP contribution in [-0.2, 0) is 44.8 Å². The average molecular weight is 591 g/mol. The molecule has 0 aliphatic rings. The van der Waals surface area contributed by atoms with Crippen molar-refractivity contribution in [3.05, 3.63) is 0 Å². The average Bonchev–Trinajstić information content (AvgIpc) is 2.34. The molecule has 0 amide bonds. The third-order valence-corrected chi connectivity index (χ3v) is 1.97. The smallest absolute Gasteiger partial charge is 0.848 e. The van der Waals surface area contributed by atoms with Gasteiger partial charge < -0.3 is 39.4 Å². The van der Waals surface area contributed by atoms with Crippen LogP contribution in [0.1, 0.15) is 55.4 Å². The molecule has 0 aromatic heterocycles. The van der Waals surface area contributed by atoms with Crippen LogP contribution in [0.2, 0.25) is 0 Å². The first-order valence-electron chi connectivity index (χ1n) is 9.02. The van der Waals surface area contributed by atoms with Gasteiger partial charge in [-0.05, 0) is 0 Å². The van der Waals surface area contributed by atoms with E-state index in [1.54, 1.807) is 55.4 Å². The summed E-state index contributed by atoms with van der Waals surface area (Å²) < 4.78 is 18.4. The fraction of sp³-hybridized carbons (Fsp3) is 1.00. The molecule has 0 fully saturated rings. The molecule has 0 N–H and O–H groups in total. The summed E-state index contributed by atoms with van der Waals surface area (Å²) >= 11 is 0. The summed E-state index contributed by atoms with van der Waals surface area (Å²) in [5, 5.41) is 42.3. The Kier molecular flexibility index (Phi) is 28.2. The van der Waals surface area contributed by atoms with E-state index in [4.69, 9.17) is 0 Å². The first kappa shape index (κ1) is 40.0. The van der Waals surface area contributed by atoms with E-state index in [2.05, 4.69) is 18.9 Å². The van der Waals surface area contributed by atoms with Crippen molar-refractivity contribution in [1.29, 1.82) is 0 Å². The van der Waals surface area contributed by atoms with Gasteiger partial charge >= 0.3 is 25.8 Å². The molecule has 0 rings (SSSR count). The molecule has 0 aromatic carbocycles. The van der Waals surface area contributed by atoms with Crippen molar-refractivity contribution in [2.24, 2.45) is 0 Å². The van der Waals surface area contributed by atoms with Crippen molar-refractivity contribution in [3.63, 3.8) is 0 Å². The minimum atomic E-state index is -0.922. The molecule has 0 aliphatic heterocycles. The van der Waals surface area contributed by atoms with Crippen molar-refractivity contribution in [1.82, 2.24) is 0 Å². The van der Waals surface area contributed by atoms with Crippen LogP contribution in [0.5, 0.6) is 0 Å². The van der Waals surface area contributed by atoms with Crippen LogP contribution in [-0.4, -0.2) is 77.3 Å². The third-order valence-electron chi connectivity index (χ3n) is 1.97. The summed E-state index contributed by atoms with van der Waals surface area (Å²) in [5.41, 5.74) is -3.69. The summed E-state index contributed by atoms with van der Waals surface area (Å²) in [7, 11) is 6.11. The molecule has 29 heavy (non-hydrogen) atoms. The minimum Gasteiger partial charge on any atom is -0.848 e. The van der Waals surface area contributed by atoms with Crippen LogP contribution in [0.15, 0.2) is 0 Å². The van der Waals surface area contributed by atoms with E-state index >= 15 is 0 Å². The van der Waals surface area contributed by atoms with Gasteiger partial charge in [-0.3, -0.25) is 0 Å². The Bertz CT molecular complexity index is 248. The number of hydrogen-bond acceptors (Lipinski definition) is 8. The van der Waals surface area contributed by atoms with E-state index in [-0.39, 0.29) is 52.3 Å². The SMILES string of the molecule is COCC(C)(C)[O-].COCC(C)(C)[O-].COCC(C)(C)[O-].COCC(C)(C)[O-].[Hf+4]. The van der Waals surface area contributed by atoms with Gasteiger partial charge in [0.15, 0.2) is 0 Å². The number of methoxy groups -OCH3 is 4. The van der Waals surface area contributed by atoms with Crippen LogP contribution in [0.3, 0.4) is 0 Å². The second kappa shape index (κ2) is 20.5. The summed E-state index contributed by atoms with van der Waals surface area (Å²) in [6, 6.07) is 0. The second-order valence-electron chi connectivity index (χ2n) is 8.77. The van der Waals surface area contributed by atoms with Crippen LogP contribution in [0.4, 0.5) is 0 Å². The largest absolute Gasteiger partial charge is 4.00 e. The summed E-state index contributed by atoms with van der Waals surface area (Å²) in [6.45, 7) is 13.9. The number of rotatable bonds is 8. The quantitative estimate of drug-likeness (QED) is 0.332. The van der Waals surface area contributed by atoms with Crippen LogP contribution in [0, 0.1) is 0 Å². The second-order valence-corrected chi connectivity index (χ2v) is 8.77. The molecule has 0 bridgehead atoms. The van der Waals surface area contributed by atoms with Crippen LogP contribution < -0.4 is 20.4 Å². The Labute approximate surface area is 197 Å². The predicted octanol–water partition coefficient (Wildman–Crippen LogP) is -0.916. The van der Waals surface area contributed by atoms with Gasteiger partial charge in [-0.1, -0.05) is 77.8 Å². The van der Waals surface area contributed by atoms with E-state index in [1.807, 2.05) is 0 Å². The van der Waals surface area contributed by atoms with E-state index in [1.165, 1.54) is 28.4 Å². The van der Waals surface area contributed by atoms with E-state index in [0.29, 0.717) is 0 Å². The molecule has 176 valence electrons. The summed E-state index contributed by atoms with van der Waals surface area (Å²) in [4.78, 5) is 0. The minimum absolute atomic E-state index is 0. The molecule has 0 heterocycles. The Morgan fingerprint density at radius 3 is 0.517 bits per heavy atom. The molecule has 8 nitrogen and oxygen atoms in total. The maximum Gasteiger partial charge on any atom is 4.00 e. The Morgan fingerprint density at radius 2 is 0.517 bits per heavy atom. The molecular formula is C20H44HfO8. The molecular weight excluding hydrogens is 547 g/mol. The van der Waals surface area contributed by atoms with Gasteiger partial charge in [-0.2, -0.15) is 0 Å². The molecule has 0 spiro atoms. The van der Waals surface area contributed by atoms with Crippen LogP contribution >= 0.6 is 0 Å². The van der Waals surface area contributed by atoms with Gasteiger partial charge in [0.25, 0.3) is 0 Å². The van der Waals surface area contributed by atoms with Crippen molar-refractivity contribution in [2.75, 3.05) is 54.9 Å². The molecule has 0 aliphatic carbocycles. The Hall–Kier alpha value is 0.550. The van der Waals surface area contributed by atoms with Crippen molar-refractivity contribution >= 4 is 0 Å². The van der Waals surface area contributed by atoms with Gasteiger partial charge in [0.1, 0.15) is 0 Å². The third kappa shape index (κ3) is 73.5. The molecule has 0 radical (unpaired) electrons. The van der Waals surface area contributed by atoms with E-state index in [0.717, 1.165) is 0 Å². The molecule has 0 unspecified atom stereocenters. The van der Waals surface area contributed by atoms with Gasteiger partial charge in [0.2, 0.25) is 0 Å². The summed E-state index contributed by atoms with van der Waals surface area (Å²) in [6.07, 6.45) is 0. The fourth-order valence-electron chi connectivity index (χ4n) is 1.39. The molecule has 0 aromatic rings. The number of hydrogen-bond donors (Lipinski definition) is 0. The molecule has 0 saturated heterocycles. The summed E-state index contributed by atoms with van der Waals surface area (Å²) in [5.74, 6) is 0. The first-order valence-corrected chi connectivity index (χ1v) is 9.02. The number of ether oxygens (including phenoxy) is 4. The van der Waals surface area contributed by atoms with Gasteiger partial charge in [-0.15, -0.1) is 0 Å². The standard InChI is InChI=1S/4C5H11O2.Hf/c4*1-5(2,6)4-7-3;/h4*4H2,1-3H3;/q4*-1;+4. The normalized spacial score (nSPS) is 11.6. The Balaban J connectivity index is -0.0000000873. The van der Waals surface area contributed by atoms with E-state index < -0.39 is 22.4 Å². The zero-order chi connectivity index (χ0) is 23.7. The Morgan fingerprint density at radius 1 is 0.414 bits per heavy atom. The van der Waals surface area contributed by atoms with Gasteiger partial charge in [0.05, 0.1) is 0 Å². The maximum atomic E-state index is 10.6. The zero-order valence-electron chi connectivity index (χ0n) is 20.6. The first-order chi connectivity index (χ1) is 12.2. The fourth-order valence-corrected chi connectivity index (χ4v) is 1.39. The van der Waals surface area contributed by atoms with Crippen molar-refractivity contribution < 1.29 is 65.2 Å². The van der Waals surface area contributed by atoms with E-state index in [9.17, 15) is 20.4 Å². The van der Waals surface area contributed by atoms with Crippen molar-refractivity contribution in [2.45, 2.75) is 77.8 Å². The molecule has 9 heteroatoms. The molecule has 0 atom stereocenters. The topological polar surface area (TPSA) is 129 Å². The monoisotopic (exact) mass is 592 g/mol. The van der Waals surface area contributed by atoms with Crippen LogP contribution in [0.25, 0.3) is 0 Å². The maximum absolute atomic E-state index is 10.6. The predicted molar refractivity (Wildman–Crippen MR) is 104 cm³/mol. The van der Waals surface area contributed by atoms with Crippen molar-refractivity contribution in [3.8, 4) is 0 Å². The van der Waals surface area contributed by atoms with Gasteiger partial charge in [-0.25, -0.2) is 0 Å². The zero-order valence-corrected chi connectivity index (χ0v) is 24.2.